The number of hydrogen-bond donors (Lipinski definition) is 1. The van der Waals surface area contributed by atoms with Crippen molar-refractivity contribution in [1.29, 1.82) is 0 Å². The predicted molar refractivity (Wildman–Crippen MR) is 88.3 cm³/mol. The van der Waals surface area contributed by atoms with Gasteiger partial charge in [-0.25, -0.2) is 4.79 Å². The van der Waals surface area contributed by atoms with Gasteiger partial charge in [-0.05, 0) is 31.6 Å². The molecule has 1 saturated heterocycles. The standard InChI is InChI=1S/C17H21ClN2O3/c18-12-8-15-16(23-10-22-15)9-13(12)19-17(21)20-7-3-6-14(20)11-4-1-2-5-11/h8-9,11,14H,1-7,10H2,(H,19,21). The molecule has 1 atom stereocenters. The first kappa shape index (κ1) is 14.9. The number of carbonyl (C=O) groups is 1. The first-order valence-corrected chi connectivity index (χ1v) is 8.77. The van der Waals surface area contributed by atoms with Gasteiger partial charge >= 0.3 is 6.03 Å². The third kappa shape index (κ3) is 2.82. The number of carbonyl (C=O) groups excluding carboxylic acids is 1. The molecule has 1 aromatic rings. The summed E-state index contributed by atoms with van der Waals surface area (Å²) in [6, 6.07) is 3.76. The van der Waals surface area contributed by atoms with Crippen LogP contribution in [0.3, 0.4) is 0 Å². The van der Waals surface area contributed by atoms with E-state index in [1.165, 1.54) is 25.7 Å². The first-order valence-electron chi connectivity index (χ1n) is 8.39. The SMILES string of the molecule is O=C(Nc1cc2c(cc1Cl)OCO2)N1CCCC1C1CCCC1. The molecule has 1 N–H and O–H groups in total. The number of hydrogen-bond acceptors (Lipinski definition) is 3. The molecule has 0 bridgehead atoms. The van der Waals surface area contributed by atoms with Crippen LogP contribution in [0.5, 0.6) is 11.5 Å². The number of ether oxygens (including phenoxy) is 2. The molecular formula is C17H21ClN2O3. The summed E-state index contributed by atoms with van der Waals surface area (Å²) in [5.41, 5.74) is 0.581. The van der Waals surface area contributed by atoms with Crippen LogP contribution in [0, 0.1) is 5.92 Å². The Kier molecular flexibility index (Phi) is 3.97. The highest BCUT2D eigenvalue weighted by atomic mass is 35.5. The van der Waals surface area contributed by atoms with Crippen molar-refractivity contribution in [1.82, 2.24) is 4.90 Å². The minimum atomic E-state index is -0.0554. The minimum Gasteiger partial charge on any atom is -0.454 e. The fourth-order valence-electron chi connectivity index (χ4n) is 4.08. The molecule has 23 heavy (non-hydrogen) atoms. The predicted octanol–water partition coefficient (Wildman–Crippen LogP) is 4.26. The molecule has 3 aliphatic rings. The van der Waals surface area contributed by atoms with E-state index in [1.54, 1.807) is 12.1 Å². The summed E-state index contributed by atoms with van der Waals surface area (Å²) in [6.07, 6.45) is 7.30. The highest BCUT2D eigenvalue weighted by molar-refractivity contribution is 6.34. The summed E-state index contributed by atoms with van der Waals surface area (Å²) in [6.45, 7) is 1.02. The highest BCUT2D eigenvalue weighted by Gasteiger charge is 2.36. The average Bonchev–Trinajstić information content (AvgIpc) is 3.27. The van der Waals surface area contributed by atoms with Gasteiger partial charge in [-0.15, -0.1) is 0 Å². The molecule has 1 aromatic carbocycles. The number of nitrogens with one attached hydrogen (secondary N) is 1. The summed E-state index contributed by atoms with van der Waals surface area (Å²) in [4.78, 5) is 14.7. The van der Waals surface area contributed by atoms with Crippen molar-refractivity contribution in [3.8, 4) is 11.5 Å². The second-order valence-corrected chi connectivity index (χ2v) is 6.97. The van der Waals surface area contributed by atoms with E-state index in [4.69, 9.17) is 21.1 Å². The lowest BCUT2D eigenvalue weighted by molar-refractivity contribution is 0.174. The Morgan fingerprint density at radius 3 is 2.65 bits per heavy atom. The third-order valence-corrected chi connectivity index (χ3v) is 5.52. The molecule has 2 fully saturated rings. The molecule has 2 amide bonds. The van der Waals surface area contributed by atoms with E-state index in [1.807, 2.05) is 4.90 Å². The van der Waals surface area contributed by atoms with Crippen molar-refractivity contribution in [2.75, 3.05) is 18.7 Å². The average molecular weight is 337 g/mol. The van der Waals surface area contributed by atoms with Crippen molar-refractivity contribution in [2.45, 2.75) is 44.6 Å². The van der Waals surface area contributed by atoms with Crippen LogP contribution in [-0.2, 0) is 0 Å². The van der Waals surface area contributed by atoms with Gasteiger partial charge in [0.1, 0.15) is 0 Å². The van der Waals surface area contributed by atoms with Crippen LogP contribution in [0.1, 0.15) is 38.5 Å². The molecule has 0 aromatic heterocycles. The summed E-state index contributed by atoms with van der Waals surface area (Å²) >= 11 is 6.25. The first-order chi connectivity index (χ1) is 11.2. The summed E-state index contributed by atoms with van der Waals surface area (Å²) in [5.74, 6) is 1.91. The van der Waals surface area contributed by atoms with Crippen molar-refractivity contribution < 1.29 is 14.3 Å². The van der Waals surface area contributed by atoms with Crippen molar-refractivity contribution in [3.05, 3.63) is 17.2 Å². The van der Waals surface area contributed by atoms with Crippen molar-refractivity contribution >= 4 is 23.3 Å². The number of halogens is 1. The molecule has 2 aliphatic heterocycles. The van der Waals surface area contributed by atoms with Crippen LogP contribution >= 0.6 is 11.6 Å². The van der Waals surface area contributed by atoms with Gasteiger partial charge in [-0.3, -0.25) is 0 Å². The van der Waals surface area contributed by atoms with E-state index in [2.05, 4.69) is 5.32 Å². The molecular weight excluding hydrogens is 316 g/mol. The van der Waals surface area contributed by atoms with Crippen molar-refractivity contribution in [2.24, 2.45) is 5.92 Å². The quantitative estimate of drug-likeness (QED) is 0.878. The monoisotopic (exact) mass is 336 g/mol. The Labute approximate surface area is 140 Å². The van der Waals surface area contributed by atoms with Crippen LogP contribution < -0.4 is 14.8 Å². The molecule has 5 nitrogen and oxygen atoms in total. The topological polar surface area (TPSA) is 50.8 Å². The smallest absolute Gasteiger partial charge is 0.322 e. The minimum absolute atomic E-state index is 0.0554. The van der Waals surface area contributed by atoms with Gasteiger partial charge in [-0.2, -0.15) is 0 Å². The molecule has 0 radical (unpaired) electrons. The molecule has 1 saturated carbocycles. The molecule has 4 rings (SSSR count). The van der Waals surface area contributed by atoms with Gasteiger partial charge in [-0.1, -0.05) is 24.4 Å². The fraction of sp³-hybridized carbons (Fsp3) is 0.588. The molecule has 6 heteroatoms. The van der Waals surface area contributed by atoms with E-state index in [9.17, 15) is 4.79 Å². The number of fused-ring (bicyclic) bond motifs is 1. The van der Waals surface area contributed by atoms with E-state index in [0.29, 0.717) is 34.2 Å². The van der Waals surface area contributed by atoms with E-state index >= 15 is 0 Å². The maximum atomic E-state index is 12.7. The lowest BCUT2D eigenvalue weighted by atomic mass is 9.96. The largest absolute Gasteiger partial charge is 0.454 e. The Hall–Kier alpha value is -1.62. The van der Waals surface area contributed by atoms with Gasteiger partial charge in [0.2, 0.25) is 6.79 Å². The third-order valence-electron chi connectivity index (χ3n) is 5.21. The summed E-state index contributed by atoms with van der Waals surface area (Å²) in [7, 11) is 0. The Bertz CT molecular complexity index is 616. The zero-order valence-electron chi connectivity index (χ0n) is 13.0. The van der Waals surface area contributed by atoms with E-state index in [-0.39, 0.29) is 12.8 Å². The van der Waals surface area contributed by atoms with Crippen LogP contribution in [-0.4, -0.2) is 30.3 Å². The van der Waals surface area contributed by atoms with Crippen LogP contribution in [0.15, 0.2) is 12.1 Å². The maximum Gasteiger partial charge on any atom is 0.322 e. The van der Waals surface area contributed by atoms with Crippen LogP contribution in [0.4, 0.5) is 10.5 Å². The van der Waals surface area contributed by atoms with Crippen LogP contribution in [0.25, 0.3) is 0 Å². The van der Waals surface area contributed by atoms with E-state index in [0.717, 1.165) is 19.4 Å². The number of rotatable bonds is 2. The zero-order valence-corrected chi connectivity index (χ0v) is 13.8. The normalized spacial score (nSPS) is 23.5. The Morgan fingerprint density at radius 1 is 1.13 bits per heavy atom. The second kappa shape index (κ2) is 6.11. The summed E-state index contributed by atoms with van der Waals surface area (Å²) in [5, 5.41) is 3.43. The molecule has 1 aliphatic carbocycles. The molecule has 0 spiro atoms. The maximum absolute atomic E-state index is 12.7. The van der Waals surface area contributed by atoms with Gasteiger partial charge < -0.3 is 19.7 Å². The van der Waals surface area contributed by atoms with Crippen LogP contribution in [0.2, 0.25) is 5.02 Å². The fourth-order valence-corrected chi connectivity index (χ4v) is 4.28. The van der Waals surface area contributed by atoms with Gasteiger partial charge in [0, 0.05) is 24.7 Å². The summed E-state index contributed by atoms with van der Waals surface area (Å²) < 4.78 is 10.7. The number of nitrogens with zero attached hydrogens (tertiary/aromatic N) is 1. The lowest BCUT2D eigenvalue weighted by Gasteiger charge is -2.29. The number of amides is 2. The Morgan fingerprint density at radius 2 is 1.87 bits per heavy atom. The van der Waals surface area contributed by atoms with Gasteiger partial charge in [0.05, 0.1) is 10.7 Å². The van der Waals surface area contributed by atoms with Crippen molar-refractivity contribution in [3.63, 3.8) is 0 Å². The highest BCUT2D eigenvalue weighted by Crippen LogP contribution is 2.40. The lowest BCUT2D eigenvalue weighted by Crippen LogP contribution is -2.42. The second-order valence-electron chi connectivity index (χ2n) is 6.56. The Balaban J connectivity index is 1.49. The number of benzene rings is 1. The number of likely N-dealkylation sites (tertiary alicyclic amines) is 1. The van der Waals surface area contributed by atoms with Gasteiger partial charge in [0.25, 0.3) is 0 Å². The molecule has 2 heterocycles. The molecule has 1 unspecified atom stereocenters. The van der Waals surface area contributed by atoms with E-state index < -0.39 is 0 Å². The number of urea groups is 1. The number of anilines is 1. The molecule has 124 valence electrons. The zero-order chi connectivity index (χ0) is 15.8. The van der Waals surface area contributed by atoms with Gasteiger partial charge in [0.15, 0.2) is 11.5 Å².